The summed E-state index contributed by atoms with van der Waals surface area (Å²) >= 11 is 0. The Hall–Kier alpha value is -5.62. The summed E-state index contributed by atoms with van der Waals surface area (Å²) in [6.45, 7) is 0. The van der Waals surface area contributed by atoms with Crippen molar-refractivity contribution in [3.05, 3.63) is 122 Å². The van der Waals surface area contributed by atoms with E-state index in [1.54, 1.807) is 12.4 Å². The van der Waals surface area contributed by atoms with Crippen molar-refractivity contribution in [2.75, 3.05) is 0 Å². The highest BCUT2D eigenvalue weighted by molar-refractivity contribution is 6.04. The highest BCUT2D eigenvalue weighted by Crippen LogP contribution is 2.30. The van der Waals surface area contributed by atoms with Gasteiger partial charge in [-0.25, -0.2) is 19.9 Å². The highest BCUT2D eigenvalue weighted by atomic mass is 14.9. The van der Waals surface area contributed by atoms with Crippen molar-refractivity contribution in [3.8, 4) is 34.2 Å². The second-order valence-electron chi connectivity index (χ2n) is 9.65. The van der Waals surface area contributed by atoms with Crippen molar-refractivity contribution < 1.29 is 0 Å². The topological polar surface area (TPSA) is 77.3 Å². The quantitative estimate of drug-likeness (QED) is 0.226. The summed E-state index contributed by atoms with van der Waals surface area (Å²) in [5.41, 5.74) is 7.29. The minimum Gasteiger partial charge on any atom is -0.254 e. The molecule has 186 valence electrons. The van der Waals surface area contributed by atoms with Gasteiger partial charge in [-0.1, -0.05) is 78.9 Å². The van der Waals surface area contributed by atoms with Gasteiger partial charge in [0.25, 0.3) is 0 Å². The lowest BCUT2D eigenvalue weighted by Gasteiger charge is -2.10. The molecule has 0 saturated carbocycles. The van der Waals surface area contributed by atoms with Gasteiger partial charge in [0.15, 0.2) is 5.82 Å². The van der Waals surface area contributed by atoms with Gasteiger partial charge in [-0.3, -0.25) is 9.97 Å². The number of pyridine rings is 4. The monoisotopic (exact) mass is 512 g/mol. The van der Waals surface area contributed by atoms with E-state index in [-0.39, 0.29) is 0 Å². The first-order valence-corrected chi connectivity index (χ1v) is 13.0. The van der Waals surface area contributed by atoms with Crippen LogP contribution < -0.4 is 0 Å². The average molecular weight is 513 g/mol. The highest BCUT2D eigenvalue weighted by Gasteiger charge is 2.15. The van der Waals surface area contributed by atoms with Gasteiger partial charge in [0, 0.05) is 39.5 Å². The van der Waals surface area contributed by atoms with E-state index < -0.39 is 0 Å². The zero-order valence-electron chi connectivity index (χ0n) is 21.2. The summed E-state index contributed by atoms with van der Waals surface area (Å²) in [6, 6.07) is 36.4. The average Bonchev–Trinajstić information content (AvgIpc) is 3.04. The first-order valence-electron chi connectivity index (χ1n) is 13.0. The van der Waals surface area contributed by atoms with Crippen LogP contribution in [0.25, 0.3) is 77.8 Å². The number of rotatable bonds is 3. The molecule has 0 bridgehead atoms. The predicted octanol–water partition coefficient (Wildman–Crippen LogP) is 7.67. The van der Waals surface area contributed by atoms with Gasteiger partial charge < -0.3 is 0 Å². The van der Waals surface area contributed by atoms with Crippen LogP contribution in [0.5, 0.6) is 0 Å². The van der Waals surface area contributed by atoms with Crippen molar-refractivity contribution in [3.63, 3.8) is 0 Å². The number of fused-ring (bicyclic) bond motifs is 6. The third-order valence-electron chi connectivity index (χ3n) is 7.15. The van der Waals surface area contributed by atoms with Gasteiger partial charge in [-0.15, -0.1) is 0 Å². The molecule has 8 rings (SSSR count). The number of nitrogens with zero attached hydrogens (tertiary/aromatic N) is 6. The van der Waals surface area contributed by atoms with E-state index in [2.05, 4.69) is 58.5 Å². The molecule has 8 aromatic rings. The van der Waals surface area contributed by atoms with Gasteiger partial charge in [-0.05, 0) is 30.3 Å². The number of hydrogen-bond donors (Lipinski definition) is 0. The fourth-order valence-corrected chi connectivity index (χ4v) is 5.16. The molecule has 0 atom stereocenters. The second-order valence-corrected chi connectivity index (χ2v) is 9.65. The standard InChI is InChI=1S/C34H20N6/c1-2-6-25(7-3-1)34-39-28(26-16-14-23-12-10-21-8-4-18-35-30(21)32(23)37-26)20-29(40-34)27-17-15-24-13-11-22-9-5-19-36-31(22)33(24)38-27/h1-20H. The first-order chi connectivity index (χ1) is 19.8. The molecule has 0 N–H and O–H groups in total. The molecule has 40 heavy (non-hydrogen) atoms. The van der Waals surface area contributed by atoms with E-state index in [1.165, 1.54) is 0 Å². The second kappa shape index (κ2) is 8.99. The Morgan fingerprint density at radius 2 is 0.825 bits per heavy atom. The minimum absolute atomic E-state index is 0.615. The molecule has 0 radical (unpaired) electrons. The zero-order chi connectivity index (χ0) is 26.5. The van der Waals surface area contributed by atoms with Crippen LogP contribution in [0.1, 0.15) is 0 Å². The molecule has 0 fully saturated rings. The number of hydrogen-bond acceptors (Lipinski definition) is 6. The molecule has 5 heterocycles. The molecule has 5 aromatic heterocycles. The number of aromatic nitrogens is 6. The van der Waals surface area contributed by atoms with Gasteiger partial charge in [-0.2, -0.15) is 0 Å². The van der Waals surface area contributed by atoms with Crippen LogP contribution in [0.15, 0.2) is 122 Å². The van der Waals surface area contributed by atoms with Crippen LogP contribution in [0.4, 0.5) is 0 Å². The van der Waals surface area contributed by atoms with E-state index in [0.29, 0.717) is 5.82 Å². The summed E-state index contributed by atoms with van der Waals surface area (Å²) in [6.07, 6.45) is 3.60. The van der Waals surface area contributed by atoms with Gasteiger partial charge in [0.2, 0.25) is 0 Å². The molecule has 0 aliphatic carbocycles. The Bertz CT molecular complexity index is 2090. The van der Waals surface area contributed by atoms with Crippen LogP contribution in [-0.2, 0) is 0 Å². The Labute approximate surface area is 229 Å². The minimum atomic E-state index is 0.615. The van der Waals surface area contributed by atoms with Crippen molar-refractivity contribution in [1.82, 2.24) is 29.9 Å². The third-order valence-corrected chi connectivity index (χ3v) is 7.15. The lowest BCUT2D eigenvalue weighted by Crippen LogP contribution is -1.98. The van der Waals surface area contributed by atoms with Crippen molar-refractivity contribution in [2.45, 2.75) is 0 Å². The van der Waals surface area contributed by atoms with E-state index in [4.69, 9.17) is 19.9 Å². The van der Waals surface area contributed by atoms with Gasteiger partial charge in [0.1, 0.15) is 0 Å². The maximum Gasteiger partial charge on any atom is 0.160 e. The fourth-order valence-electron chi connectivity index (χ4n) is 5.16. The Morgan fingerprint density at radius 1 is 0.350 bits per heavy atom. The summed E-state index contributed by atoms with van der Waals surface area (Å²) < 4.78 is 0. The summed E-state index contributed by atoms with van der Waals surface area (Å²) in [7, 11) is 0. The predicted molar refractivity (Wildman–Crippen MR) is 160 cm³/mol. The summed E-state index contributed by atoms with van der Waals surface area (Å²) in [5.74, 6) is 0.615. The fraction of sp³-hybridized carbons (Fsp3) is 0. The number of benzene rings is 3. The van der Waals surface area contributed by atoms with E-state index >= 15 is 0 Å². The molecule has 6 nitrogen and oxygen atoms in total. The van der Waals surface area contributed by atoms with Crippen LogP contribution in [-0.4, -0.2) is 29.9 Å². The SMILES string of the molecule is c1ccc(-c2nc(-c3ccc4ccc5cccnc5c4n3)cc(-c3ccc4ccc5cccnc5c4n3)n2)cc1. The lowest BCUT2D eigenvalue weighted by atomic mass is 10.1. The largest absolute Gasteiger partial charge is 0.254 e. The summed E-state index contributed by atoms with van der Waals surface area (Å²) in [5, 5.41) is 4.16. The molecule has 0 amide bonds. The smallest absolute Gasteiger partial charge is 0.160 e. The van der Waals surface area contributed by atoms with E-state index in [0.717, 1.165) is 72.0 Å². The Morgan fingerprint density at radius 3 is 1.35 bits per heavy atom. The maximum atomic E-state index is 5.05. The third kappa shape index (κ3) is 3.74. The molecular formula is C34H20N6. The van der Waals surface area contributed by atoms with Crippen LogP contribution >= 0.6 is 0 Å². The van der Waals surface area contributed by atoms with Crippen LogP contribution in [0.3, 0.4) is 0 Å². The first kappa shape index (κ1) is 22.4. The molecule has 0 spiro atoms. The van der Waals surface area contributed by atoms with E-state index in [9.17, 15) is 0 Å². The van der Waals surface area contributed by atoms with Crippen molar-refractivity contribution in [1.29, 1.82) is 0 Å². The zero-order valence-corrected chi connectivity index (χ0v) is 21.2. The molecule has 0 aliphatic rings. The van der Waals surface area contributed by atoms with Crippen molar-refractivity contribution in [2.24, 2.45) is 0 Å². The van der Waals surface area contributed by atoms with E-state index in [1.807, 2.05) is 60.7 Å². The molecular weight excluding hydrogens is 492 g/mol. The lowest BCUT2D eigenvalue weighted by molar-refractivity contribution is 1.16. The van der Waals surface area contributed by atoms with Gasteiger partial charge >= 0.3 is 0 Å². The normalized spacial score (nSPS) is 11.5. The van der Waals surface area contributed by atoms with Crippen LogP contribution in [0.2, 0.25) is 0 Å². The molecule has 0 unspecified atom stereocenters. The van der Waals surface area contributed by atoms with Crippen LogP contribution in [0, 0.1) is 0 Å². The molecule has 0 aliphatic heterocycles. The van der Waals surface area contributed by atoms with Crippen molar-refractivity contribution >= 4 is 43.6 Å². The van der Waals surface area contributed by atoms with Gasteiger partial charge in [0.05, 0.1) is 44.8 Å². The Kier molecular flexibility index (Phi) is 5.03. The molecule has 0 saturated heterocycles. The Balaban J connectivity index is 1.36. The maximum absolute atomic E-state index is 5.05. The summed E-state index contributed by atoms with van der Waals surface area (Å²) in [4.78, 5) is 29.3. The molecule has 3 aromatic carbocycles. The molecule has 6 heteroatoms.